The van der Waals surface area contributed by atoms with Gasteiger partial charge < -0.3 is 15.0 Å². The molecule has 0 unspecified atom stereocenters. The molecule has 0 aromatic carbocycles. The molecule has 0 saturated carbocycles. The van der Waals surface area contributed by atoms with E-state index in [1.807, 2.05) is 20.8 Å². The van der Waals surface area contributed by atoms with Crippen molar-refractivity contribution in [2.24, 2.45) is 5.92 Å². The fourth-order valence-electron chi connectivity index (χ4n) is 2.38. The van der Waals surface area contributed by atoms with Crippen molar-refractivity contribution in [1.82, 2.24) is 9.88 Å². The molecule has 1 aromatic rings. The van der Waals surface area contributed by atoms with Gasteiger partial charge in [0.25, 0.3) is 0 Å². The molecule has 1 atom stereocenters. The summed E-state index contributed by atoms with van der Waals surface area (Å²) in [4.78, 5) is 30.0. The van der Waals surface area contributed by atoms with Crippen molar-refractivity contribution in [2.75, 3.05) is 18.5 Å². The minimum atomic E-state index is -0.324. The number of hydrogen-bond donors (Lipinski definition) is 1. The highest BCUT2D eigenvalue weighted by Gasteiger charge is 2.35. The average Bonchev–Trinajstić information content (AvgIpc) is 2.83. The summed E-state index contributed by atoms with van der Waals surface area (Å²) in [6.45, 7) is 6.70. The van der Waals surface area contributed by atoms with E-state index in [-0.39, 0.29) is 30.2 Å². The summed E-state index contributed by atoms with van der Waals surface area (Å²) in [5, 5.41) is 2.81. The number of pyridine rings is 1. The van der Waals surface area contributed by atoms with Crippen molar-refractivity contribution in [1.29, 1.82) is 0 Å². The summed E-state index contributed by atoms with van der Waals surface area (Å²) in [6, 6.07) is 3.60. The average molecular weight is 291 g/mol. The van der Waals surface area contributed by atoms with Gasteiger partial charge in [-0.05, 0) is 32.9 Å². The molecule has 6 heteroatoms. The molecule has 0 bridgehead atoms. The van der Waals surface area contributed by atoms with E-state index in [2.05, 4.69) is 10.3 Å². The number of amides is 2. The standard InChI is InChI=1S/C15H21N3O3/c1-4-21-15-12(6-5-7-16-15)17-14(20)11-8-13(19)18(9-11)10(2)3/h5-7,10-11H,4,8-9H2,1-3H3,(H,17,20)/t11-/m1/s1. The lowest BCUT2D eigenvalue weighted by Crippen LogP contribution is -2.33. The van der Waals surface area contributed by atoms with Gasteiger partial charge in [-0.2, -0.15) is 0 Å². The van der Waals surface area contributed by atoms with Crippen molar-refractivity contribution >= 4 is 17.5 Å². The minimum Gasteiger partial charge on any atom is -0.476 e. The molecule has 0 spiro atoms. The first-order valence-corrected chi connectivity index (χ1v) is 7.21. The van der Waals surface area contributed by atoms with Crippen LogP contribution in [-0.2, 0) is 9.59 Å². The van der Waals surface area contributed by atoms with Crippen molar-refractivity contribution < 1.29 is 14.3 Å². The summed E-state index contributed by atoms with van der Waals surface area (Å²) in [7, 11) is 0. The molecule has 1 aromatic heterocycles. The van der Waals surface area contributed by atoms with Crippen molar-refractivity contribution in [3.05, 3.63) is 18.3 Å². The molecule has 2 heterocycles. The lowest BCUT2D eigenvalue weighted by Gasteiger charge is -2.20. The van der Waals surface area contributed by atoms with Gasteiger partial charge in [-0.3, -0.25) is 9.59 Å². The van der Waals surface area contributed by atoms with Gasteiger partial charge in [0.05, 0.1) is 12.5 Å². The number of aromatic nitrogens is 1. The van der Waals surface area contributed by atoms with Crippen LogP contribution in [0.2, 0.25) is 0 Å². The zero-order valence-corrected chi connectivity index (χ0v) is 12.6. The Bertz CT molecular complexity index is 531. The van der Waals surface area contributed by atoms with Crippen molar-refractivity contribution in [3.8, 4) is 5.88 Å². The summed E-state index contributed by atoms with van der Waals surface area (Å²) in [5.41, 5.74) is 0.541. The molecule has 1 aliphatic heterocycles. The van der Waals surface area contributed by atoms with Gasteiger partial charge in [-0.1, -0.05) is 0 Å². The van der Waals surface area contributed by atoms with Crippen LogP contribution in [-0.4, -0.2) is 40.9 Å². The monoisotopic (exact) mass is 291 g/mol. The van der Waals surface area contributed by atoms with Crippen LogP contribution in [0.25, 0.3) is 0 Å². The number of nitrogens with zero attached hydrogens (tertiary/aromatic N) is 2. The Morgan fingerprint density at radius 3 is 2.95 bits per heavy atom. The molecule has 1 N–H and O–H groups in total. The smallest absolute Gasteiger partial charge is 0.237 e. The summed E-state index contributed by atoms with van der Waals surface area (Å²) < 4.78 is 5.38. The van der Waals surface area contributed by atoms with E-state index in [1.54, 1.807) is 23.2 Å². The van der Waals surface area contributed by atoms with Crippen LogP contribution in [0.15, 0.2) is 18.3 Å². The van der Waals surface area contributed by atoms with Crippen LogP contribution >= 0.6 is 0 Å². The highest BCUT2D eigenvalue weighted by Crippen LogP contribution is 2.25. The molecule has 2 amide bonds. The Labute approximate surface area is 124 Å². The molecular formula is C15H21N3O3. The van der Waals surface area contributed by atoms with Crippen LogP contribution < -0.4 is 10.1 Å². The number of ether oxygens (including phenoxy) is 1. The second-order valence-corrected chi connectivity index (χ2v) is 5.32. The zero-order chi connectivity index (χ0) is 15.4. The second kappa shape index (κ2) is 6.56. The zero-order valence-electron chi connectivity index (χ0n) is 12.6. The van der Waals surface area contributed by atoms with Crippen LogP contribution in [0.3, 0.4) is 0 Å². The van der Waals surface area contributed by atoms with Crippen LogP contribution in [0.1, 0.15) is 27.2 Å². The molecule has 1 aliphatic rings. The maximum Gasteiger partial charge on any atom is 0.237 e. The van der Waals surface area contributed by atoms with Crippen molar-refractivity contribution in [3.63, 3.8) is 0 Å². The molecule has 21 heavy (non-hydrogen) atoms. The van der Waals surface area contributed by atoms with Gasteiger partial charge in [0.15, 0.2) is 0 Å². The number of anilines is 1. The van der Waals surface area contributed by atoms with Gasteiger partial charge in [-0.15, -0.1) is 0 Å². The lowest BCUT2D eigenvalue weighted by molar-refractivity contribution is -0.129. The third-order valence-electron chi connectivity index (χ3n) is 3.46. The van der Waals surface area contributed by atoms with E-state index in [0.29, 0.717) is 24.7 Å². The maximum atomic E-state index is 12.3. The van der Waals surface area contributed by atoms with Crippen LogP contribution in [0, 0.1) is 5.92 Å². The van der Waals surface area contributed by atoms with Crippen LogP contribution in [0.5, 0.6) is 5.88 Å². The SMILES string of the molecule is CCOc1ncccc1NC(=O)[C@@H]1CC(=O)N(C(C)C)C1. The topological polar surface area (TPSA) is 71.5 Å². The maximum absolute atomic E-state index is 12.3. The molecule has 0 aliphatic carbocycles. The molecule has 1 saturated heterocycles. The van der Waals surface area contributed by atoms with Crippen molar-refractivity contribution in [2.45, 2.75) is 33.2 Å². The Hall–Kier alpha value is -2.11. The van der Waals surface area contributed by atoms with Gasteiger partial charge >= 0.3 is 0 Å². The highest BCUT2D eigenvalue weighted by molar-refractivity contribution is 5.97. The Balaban J connectivity index is 2.04. The van der Waals surface area contributed by atoms with E-state index in [1.165, 1.54) is 0 Å². The van der Waals surface area contributed by atoms with E-state index in [9.17, 15) is 9.59 Å². The Kier molecular flexibility index (Phi) is 4.77. The van der Waals surface area contributed by atoms with E-state index in [4.69, 9.17) is 4.74 Å². The first kappa shape index (κ1) is 15.3. The summed E-state index contributed by atoms with van der Waals surface area (Å²) in [6.07, 6.45) is 1.87. The van der Waals surface area contributed by atoms with Gasteiger partial charge in [-0.25, -0.2) is 4.98 Å². The Morgan fingerprint density at radius 1 is 1.57 bits per heavy atom. The quantitative estimate of drug-likeness (QED) is 0.896. The van der Waals surface area contributed by atoms with E-state index in [0.717, 1.165) is 0 Å². The predicted molar refractivity (Wildman–Crippen MR) is 79.0 cm³/mol. The number of carbonyl (C=O) groups excluding carboxylic acids is 2. The molecule has 1 fully saturated rings. The predicted octanol–water partition coefficient (Wildman–Crippen LogP) is 1.68. The van der Waals surface area contributed by atoms with Gasteiger partial charge in [0.2, 0.25) is 17.7 Å². The summed E-state index contributed by atoms with van der Waals surface area (Å²) >= 11 is 0. The molecule has 114 valence electrons. The fraction of sp³-hybridized carbons (Fsp3) is 0.533. The molecule has 0 radical (unpaired) electrons. The first-order chi connectivity index (χ1) is 10.0. The normalized spacial score (nSPS) is 18.2. The van der Waals surface area contributed by atoms with Gasteiger partial charge in [0, 0.05) is 25.2 Å². The number of carbonyl (C=O) groups is 2. The number of nitrogens with one attached hydrogen (secondary N) is 1. The number of rotatable bonds is 5. The second-order valence-electron chi connectivity index (χ2n) is 5.32. The van der Waals surface area contributed by atoms with Crippen LogP contribution in [0.4, 0.5) is 5.69 Å². The van der Waals surface area contributed by atoms with E-state index < -0.39 is 0 Å². The minimum absolute atomic E-state index is 0.0290. The largest absolute Gasteiger partial charge is 0.476 e. The summed E-state index contributed by atoms with van der Waals surface area (Å²) in [5.74, 6) is -0.0604. The third kappa shape index (κ3) is 3.51. The van der Waals surface area contributed by atoms with E-state index >= 15 is 0 Å². The number of hydrogen-bond acceptors (Lipinski definition) is 4. The molecule has 6 nitrogen and oxygen atoms in total. The third-order valence-corrected chi connectivity index (χ3v) is 3.46. The fourth-order valence-corrected chi connectivity index (χ4v) is 2.38. The number of likely N-dealkylation sites (tertiary alicyclic amines) is 1. The highest BCUT2D eigenvalue weighted by atomic mass is 16.5. The lowest BCUT2D eigenvalue weighted by atomic mass is 10.1. The molecule has 2 rings (SSSR count). The van der Waals surface area contributed by atoms with Gasteiger partial charge in [0.1, 0.15) is 5.69 Å². The Morgan fingerprint density at radius 2 is 2.33 bits per heavy atom. The first-order valence-electron chi connectivity index (χ1n) is 7.21. The molecular weight excluding hydrogens is 270 g/mol.